The van der Waals surface area contributed by atoms with Gasteiger partial charge in [-0.2, -0.15) is 5.10 Å². The highest BCUT2D eigenvalue weighted by atomic mass is 16.1. The van der Waals surface area contributed by atoms with E-state index >= 15 is 0 Å². The van der Waals surface area contributed by atoms with Crippen LogP contribution in [-0.2, 0) is 0 Å². The monoisotopic (exact) mass is 254 g/mol. The van der Waals surface area contributed by atoms with Crippen molar-refractivity contribution in [2.45, 2.75) is 0 Å². The Labute approximate surface area is 108 Å². The topological polar surface area (TPSA) is 90.2 Å². The summed E-state index contributed by atoms with van der Waals surface area (Å²) in [7, 11) is 0. The van der Waals surface area contributed by atoms with Crippen molar-refractivity contribution in [2.24, 2.45) is 0 Å². The van der Waals surface area contributed by atoms with Gasteiger partial charge in [0.2, 0.25) is 0 Å². The summed E-state index contributed by atoms with van der Waals surface area (Å²) >= 11 is 0. The summed E-state index contributed by atoms with van der Waals surface area (Å²) in [4.78, 5) is 20.6. The Morgan fingerprint density at radius 1 is 1.16 bits per heavy atom. The molecule has 3 N–H and O–H groups in total. The summed E-state index contributed by atoms with van der Waals surface area (Å²) < 4.78 is 6.73. The number of rotatable bonds is 0. The highest BCUT2D eigenvalue weighted by Crippen LogP contribution is 2.14. The van der Waals surface area contributed by atoms with E-state index < -0.39 is 0 Å². The largest absolute Gasteiger partial charge is 0.325 e. The van der Waals surface area contributed by atoms with Crippen LogP contribution in [0.25, 0.3) is 22.1 Å². The number of aromatic nitrogens is 5. The predicted octanol–water partition coefficient (Wildman–Crippen LogP) is 1.81. The van der Waals surface area contributed by atoms with Crippen LogP contribution >= 0.6 is 0 Å². The van der Waals surface area contributed by atoms with E-state index in [-0.39, 0.29) is 11.9 Å². The second kappa shape index (κ2) is 4.77. The molecule has 6 nitrogen and oxygen atoms in total. The zero-order valence-corrected chi connectivity index (χ0v) is 9.84. The average Bonchev–Trinajstić information content (AvgIpc) is 3.04. The molecule has 0 unspecified atom stereocenters. The minimum absolute atomic E-state index is 0.220. The average molecular weight is 254 g/mol. The van der Waals surface area contributed by atoms with E-state index in [1.165, 1.54) is 0 Å². The van der Waals surface area contributed by atoms with Gasteiger partial charge in [0.1, 0.15) is 0 Å². The lowest BCUT2D eigenvalue weighted by molar-refractivity contribution is 1.09. The number of imidazole rings is 1. The summed E-state index contributed by atoms with van der Waals surface area (Å²) in [5.41, 5.74) is 2.01. The number of benzene rings is 1. The number of pyridine rings is 1. The summed E-state index contributed by atoms with van der Waals surface area (Å²) in [6.45, 7) is 0. The van der Waals surface area contributed by atoms with Crippen molar-refractivity contribution < 1.29 is 1.37 Å². The second-order valence-electron chi connectivity index (χ2n) is 3.86. The maximum atomic E-state index is 11.0. The van der Waals surface area contributed by atoms with Crippen LogP contribution in [0, 0.1) is 0 Å². The van der Waals surface area contributed by atoms with Crippen molar-refractivity contribution in [1.29, 1.82) is 0 Å². The molecule has 0 radical (unpaired) electrons. The van der Waals surface area contributed by atoms with Crippen molar-refractivity contribution in [1.82, 2.24) is 25.1 Å². The number of hydrogen-bond donors (Lipinski definition) is 3. The Morgan fingerprint density at radius 3 is 2.79 bits per heavy atom. The number of hydrogen-bond acceptors (Lipinski definition) is 3. The fourth-order valence-electron chi connectivity index (χ4n) is 1.75. The Kier molecular flexibility index (Phi) is 2.53. The minimum Gasteiger partial charge on any atom is -0.304 e. The molecule has 4 rings (SSSR count). The van der Waals surface area contributed by atoms with Gasteiger partial charge in [0.25, 0.3) is 0 Å². The molecule has 1 aromatic carbocycles. The smallest absolute Gasteiger partial charge is 0.304 e. The molecular weight excluding hydrogens is 242 g/mol. The fourth-order valence-corrected chi connectivity index (χ4v) is 1.75. The van der Waals surface area contributed by atoms with Gasteiger partial charge in [-0.05, 0) is 18.2 Å². The Morgan fingerprint density at radius 2 is 2.05 bits per heavy atom. The van der Waals surface area contributed by atoms with E-state index in [0.717, 1.165) is 16.4 Å². The van der Waals surface area contributed by atoms with Crippen molar-refractivity contribution in [3.63, 3.8) is 0 Å². The van der Waals surface area contributed by atoms with Gasteiger partial charge in [0, 0.05) is 17.8 Å². The Bertz CT molecular complexity index is 838. The van der Waals surface area contributed by atoms with Crippen molar-refractivity contribution >= 4 is 22.1 Å². The molecule has 0 amide bonds. The van der Waals surface area contributed by atoms with Crippen LogP contribution in [0.15, 0.2) is 53.6 Å². The first kappa shape index (κ1) is 10.1. The minimum atomic E-state index is -0.220. The molecule has 0 spiro atoms. The third kappa shape index (κ3) is 2.37. The molecule has 0 aliphatic carbocycles. The molecule has 0 aliphatic heterocycles. The summed E-state index contributed by atoms with van der Waals surface area (Å²) in [6.07, 6.45) is 1.90. The van der Waals surface area contributed by atoms with Gasteiger partial charge >= 0.3 is 5.69 Å². The first-order chi connectivity index (χ1) is 9.72. The van der Waals surface area contributed by atoms with Gasteiger partial charge in [-0.25, -0.2) is 9.78 Å². The first-order valence-electron chi connectivity index (χ1n) is 6.16. The molecule has 0 aliphatic rings. The van der Waals surface area contributed by atoms with Gasteiger partial charge in [0.15, 0.2) is 5.65 Å². The number of aromatic amines is 3. The highest BCUT2D eigenvalue weighted by molar-refractivity contribution is 5.88. The molecule has 0 bridgehead atoms. The SMILES string of the molecule is O=c1[nH]c2cc3ccccc3nc2[nH]1.[2H]c1cc[nH]n1. The van der Waals surface area contributed by atoms with Gasteiger partial charge in [-0.3, -0.25) is 10.1 Å². The van der Waals surface area contributed by atoms with E-state index in [0.29, 0.717) is 5.65 Å². The normalized spacial score (nSPS) is 11.1. The van der Waals surface area contributed by atoms with Crippen molar-refractivity contribution in [3.05, 3.63) is 59.3 Å². The fraction of sp³-hybridized carbons (Fsp3) is 0. The van der Waals surface area contributed by atoms with Crippen LogP contribution < -0.4 is 5.69 Å². The lowest BCUT2D eigenvalue weighted by Gasteiger charge is -1.95. The number of H-pyrrole nitrogens is 3. The summed E-state index contributed by atoms with van der Waals surface area (Å²) in [6, 6.07) is 11.2. The van der Waals surface area contributed by atoms with Crippen LogP contribution in [0.1, 0.15) is 1.37 Å². The first-order valence-corrected chi connectivity index (χ1v) is 5.66. The summed E-state index contributed by atoms with van der Waals surface area (Å²) in [5.74, 6) is 0. The van der Waals surface area contributed by atoms with E-state index in [1.54, 1.807) is 12.3 Å². The highest BCUT2D eigenvalue weighted by Gasteiger charge is 2.01. The zero-order valence-electron chi connectivity index (χ0n) is 10.8. The van der Waals surface area contributed by atoms with Crippen molar-refractivity contribution in [2.75, 3.05) is 0 Å². The van der Waals surface area contributed by atoms with Crippen LogP contribution in [0.5, 0.6) is 0 Å². The summed E-state index contributed by atoms with van der Waals surface area (Å²) in [5, 5.41) is 6.97. The standard InChI is InChI=1S/C10H7N3O.C3H4N2/c14-10-12-8-5-6-3-1-2-4-7(6)11-9(8)13-10;1-2-4-5-3-1/h1-5H,(H2,11,12,13,14);1-3H,(H,4,5)/i;2D. The number of nitrogens with one attached hydrogen (secondary N) is 3. The van der Waals surface area contributed by atoms with Gasteiger partial charge in [0.05, 0.1) is 12.4 Å². The second-order valence-corrected chi connectivity index (χ2v) is 3.86. The van der Waals surface area contributed by atoms with Crippen LogP contribution in [0.4, 0.5) is 0 Å². The molecule has 19 heavy (non-hydrogen) atoms. The van der Waals surface area contributed by atoms with E-state index in [9.17, 15) is 4.79 Å². The molecule has 0 fully saturated rings. The Hall–Kier alpha value is -2.89. The van der Waals surface area contributed by atoms with E-state index in [4.69, 9.17) is 1.37 Å². The third-order valence-electron chi connectivity index (χ3n) is 2.57. The maximum absolute atomic E-state index is 11.0. The van der Waals surface area contributed by atoms with Gasteiger partial charge < -0.3 is 4.98 Å². The Balaban J connectivity index is 0.000000170. The third-order valence-corrected chi connectivity index (χ3v) is 2.57. The van der Waals surface area contributed by atoms with E-state index in [2.05, 4.69) is 25.1 Å². The number of nitrogens with zero attached hydrogens (tertiary/aromatic N) is 2. The maximum Gasteiger partial charge on any atom is 0.325 e. The van der Waals surface area contributed by atoms with E-state index in [1.807, 2.05) is 30.3 Å². The molecule has 6 heteroatoms. The predicted molar refractivity (Wildman–Crippen MR) is 72.8 cm³/mol. The number of para-hydroxylation sites is 1. The molecule has 3 aromatic heterocycles. The van der Waals surface area contributed by atoms with Crippen LogP contribution in [0.2, 0.25) is 0 Å². The number of fused-ring (bicyclic) bond motifs is 2. The lowest BCUT2D eigenvalue weighted by Crippen LogP contribution is -1.99. The molecule has 0 saturated heterocycles. The van der Waals surface area contributed by atoms with Gasteiger partial charge in [-0.1, -0.05) is 18.2 Å². The van der Waals surface area contributed by atoms with Crippen molar-refractivity contribution in [3.8, 4) is 0 Å². The lowest BCUT2D eigenvalue weighted by atomic mass is 10.2. The molecule has 94 valence electrons. The zero-order chi connectivity index (χ0) is 13.9. The van der Waals surface area contributed by atoms with Crippen LogP contribution in [-0.4, -0.2) is 25.1 Å². The molecule has 3 heterocycles. The van der Waals surface area contributed by atoms with Crippen LogP contribution in [0.3, 0.4) is 0 Å². The van der Waals surface area contributed by atoms with Gasteiger partial charge in [-0.15, -0.1) is 0 Å². The molecular formula is C13H11N5O. The quantitative estimate of drug-likeness (QED) is 0.447. The molecule has 4 aromatic rings. The molecule has 0 atom stereocenters. The molecule has 0 saturated carbocycles.